The van der Waals surface area contributed by atoms with Crippen molar-refractivity contribution in [1.82, 2.24) is 10.2 Å². The molecule has 0 unspecified atom stereocenters. The summed E-state index contributed by atoms with van der Waals surface area (Å²) in [5.41, 5.74) is 0.875. The highest BCUT2D eigenvalue weighted by Gasteiger charge is 2.36. The van der Waals surface area contributed by atoms with Crippen molar-refractivity contribution in [2.24, 2.45) is 0 Å². The van der Waals surface area contributed by atoms with Crippen molar-refractivity contribution in [3.63, 3.8) is 0 Å². The van der Waals surface area contributed by atoms with E-state index in [2.05, 4.69) is 10.6 Å². The third-order valence-electron chi connectivity index (χ3n) is 5.18. The first-order chi connectivity index (χ1) is 15.0. The summed E-state index contributed by atoms with van der Waals surface area (Å²) in [6.07, 6.45) is 4.49. The number of carbonyl (C=O) groups is 4. The van der Waals surface area contributed by atoms with E-state index < -0.39 is 24.5 Å². The summed E-state index contributed by atoms with van der Waals surface area (Å²) in [6.45, 7) is -0.0716. The van der Waals surface area contributed by atoms with Gasteiger partial charge in [0, 0.05) is 23.8 Å². The van der Waals surface area contributed by atoms with Gasteiger partial charge in [-0.3, -0.25) is 14.4 Å². The Morgan fingerprint density at radius 1 is 1.10 bits per heavy atom. The zero-order chi connectivity index (χ0) is 21.8. The average Bonchev–Trinajstić information content (AvgIpc) is 3.23. The molecule has 0 radical (unpaired) electrons. The summed E-state index contributed by atoms with van der Waals surface area (Å²) in [5.74, 6) is -1.58. The van der Waals surface area contributed by atoms with Crippen molar-refractivity contribution in [3.05, 3.63) is 54.0 Å². The van der Waals surface area contributed by atoms with Gasteiger partial charge in [-0.25, -0.2) is 4.79 Å². The van der Waals surface area contributed by atoms with Crippen LogP contribution in [0.25, 0.3) is 0 Å². The smallest absolute Gasteiger partial charge is 0.329 e. The van der Waals surface area contributed by atoms with E-state index in [1.54, 1.807) is 30.3 Å². The number of anilines is 1. The van der Waals surface area contributed by atoms with E-state index in [1.807, 2.05) is 0 Å². The lowest BCUT2D eigenvalue weighted by Crippen LogP contribution is -2.42. The van der Waals surface area contributed by atoms with Gasteiger partial charge in [0.2, 0.25) is 0 Å². The highest BCUT2D eigenvalue weighted by molar-refractivity contribution is 5.98. The zero-order valence-corrected chi connectivity index (χ0v) is 16.8. The van der Waals surface area contributed by atoms with Gasteiger partial charge in [0.1, 0.15) is 6.04 Å². The molecule has 0 bridgehead atoms. The monoisotopic (exact) mass is 425 g/mol. The predicted octanol–water partition coefficient (Wildman–Crippen LogP) is 1.96. The Hall–Kier alpha value is -3.62. The van der Waals surface area contributed by atoms with Crippen LogP contribution in [0, 0.1) is 0 Å². The molecule has 1 aromatic carbocycles. The Labute approximate surface area is 178 Å². The van der Waals surface area contributed by atoms with Crippen LogP contribution in [0.1, 0.15) is 46.6 Å². The average molecular weight is 425 g/mol. The van der Waals surface area contributed by atoms with Crippen molar-refractivity contribution in [3.8, 4) is 0 Å². The van der Waals surface area contributed by atoms with Crippen LogP contribution in [0.2, 0.25) is 0 Å². The lowest BCUT2D eigenvalue weighted by molar-refractivity contribution is -0.151. The number of nitrogens with zero attached hydrogens (tertiary/aromatic N) is 1. The summed E-state index contributed by atoms with van der Waals surface area (Å²) < 4.78 is 10.3. The fourth-order valence-corrected chi connectivity index (χ4v) is 3.46. The Bertz CT molecular complexity index is 983. The Kier molecular flexibility index (Phi) is 6.01. The van der Waals surface area contributed by atoms with E-state index >= 15 is 0 Å². The number of amides is 3. The van der Waals surface area contributed by atoms with Crippen molar-refractivity contribution >= 4 is 29.4 Å². The summed E-state index contributed by atoms with van der Waals surface area (Å²) in [4.78, 5) is 50.7. The number of carbonyl (C=O) groups excluding carboxylic acids is 4. The van der Waals surface area contributed by atoms with Crippen molar-refractivity contribution in [1.29, 1.82) is 0 Å². The molecular formula is C22H23N3O6. The molecule has 1 saturated heterocycles. The summed E-state index contributed by atoms with van der Waals surface area (Å²) in [5, 5.41) is 5.50. The number of nitrogens with one attached hydrogen (secondary N) is 2. The lowest BCUT2D eigenvalue weighted by Gasteiger charge is -2.22. The molecule has 3 amide bonds. The Morgan fingerprint density at radius 3 is 2.68 bits per heavy atom. The number of likely N-dealkylation sites (tertiary alicyclic amines) is 1. The first-order valence-corrected chi connectivity index (χ1v) is 10.2. The number of furan rings is 1. The number of ether oxygens (including phenoxy) is 1. The summed E-state index contributed by atoms with van der Waals surface area (Å²) in [6, 6.07) is 9.17. The van der Waals surface area contributed by atoms with Crippen LogP contribution in [0.4, 0.5) is 5.69 Å². The molecule has 1 saturated carbocycles. The first-order valence-electron chi connectivity index (χ1n) is 10.2. The Morgan fingerprint density at radius 2 is 1.94 bits per heavy atom. The van der Waals surface area contributed by atoms with E-state index in [4.69, 9.17) is 9.15 Å². The number of hydrogen-bond donors (Lipinski definition) is 2. The second kappa shape index (κ2) is 9.03. The molecule has 9 nitrogen and oxygen atoms in total. The highest BCUT2D eigenvalue weighted by atomic mass is 16.5. The minimum atomic E-state index is -0.750. The van der Waals surface area contributed by atoms with Crippen LogP contribution in [0.5, 0.6) is 0 Å². The fraction of sp³-hybridized carbons (Fsp3) is 0.364. The second-order valence-corrected chi connectivity index (χ2v) is 7.62. The van der Waals surface area contributed by atoms with E-state index in [-0.39, 0.29) is 23.6 Å². The van der Waals surface area contributed by atoms with Crippen LogP contribution in [0.3, 0.4) is 0 Å². The van der Waals surface area contributed by atoms with Gasteiger partial charge in [-0.1, -0.05) is 6.07 Å². The van der Waals surface area contributed by atoms with Gasteiger partial charge >= 0.3 is 5.97 Å². The maximum Gasteiger partial charge on any atom is 0.329 e. The molecule has 2 N–H and O–H groups in total. The molecule has 31 heavy (non-hydrogen) atoms. The van der Waals surface area contributed by atoms with Crippen LogP contribution in [-0.2, 0) is 14.3 Å². The van der Waals surface area contributed by atoms with E-state index in [1.165, 1.54) is 17.2 Å². The minimum absolute atomic E-state index is 0.156. The third-order valence-corrected chi connectivity index (χ3v) is 5.18. The molecule has 2 aromatic rings. The van der Waals surface area contributed by atoms with E-state index in [0.29, 0.717) is 30.6 Å². The molecule has 9 heteroatoms. The van der Waals surface area contributed by atoms with Gasteiger partial charge < -0.3 is 24.7 Å². The first kappa shape index (κ1) is 20.6. The van der Waals surface area contributed by atoms with Gasteiger partial charge in [-0.15, -0.1) is 0 Å². The molecular weight excluding hydrogens is 402 g/mol. The Balaban J connectivity index is 1.29. The number of esters is 1. The predicted molar refractivity (Wildman–Crippen MR) is 109 cm³/mol. The topological polar surface area (TPSA) is 118 Å². The number of benzene rings is 1. The largest absolute Gasteiger partial charge is 0.459 e. The maximum atomic E-state index is 12.5. The van der Waals surface area contributed by atoms with Crippen molar-refractivity contribution in [2.45, 2.75) is 37.8 Å². The van der Waals surface area contributed by atoms with Crippen LogP contribution in [-0.4, -0.2) is 53.8 Å². The quantitative estimate of drug-likeness (QED) is 0.655. The van der Waals surface area contributed by atoms with Crippen LogP contribution >= 0.6 is 0 Å². The maximum absolute atomic E-state index is 12.5. The number of rotatable bonds is 7. The van der Waals surface area contributed by atoms with Gasteiger partial charge in [0.15, 0.2) is 12.4 Å². The van der Waals surface area contributed by atoms with Gasteiger partial charge in [0.05, 0.1) is 6.26 Å². The molecule has 1 aliphatic heterocycles. The van der Waals surface area contributed by atoms with Crippen LogP contribution < -0.4 is 10.6 Å². The third kappa shape index (κ3) is 5.11. The van der Waals surface area contributed by atoms with Gasteiger partial charge in [0.25, 0.3) is 17.7 Å². The SMILES string of the molecule is O=C(COC(=O)[C@@H]1CCCN1C(=O)c1ccco1)Nc1cccc(C(=O)NC2CC2)c1. The molecule has 1 aliphatic carbocycles. The molecule has 0 spiro atoms. The zero-order valence-electron chi connectivity index (χ0n) is 16.8. The molecule has 1 atom stereocenters. The minimum Gasteiger partial charge on any atom is -0.459 e. The van der Waals surface area contributed by atoms with Crippen molar-refractivity contribution in [2.75, 3.05) is 18.5 Å². The fourth-order valence-electron chi connectivity index (χ4n) is 3.46. The molecule has 2 heterocycles. The molecule has 1 aromatic heterocycles. The standard InChI is InChI=1S/C22H23N3O6/c26-19(23-16-5-1-4-14(12-16)20(27)24-15-8-9-15)13-31-22(29)17-6-2-10-25(17)21(28)18-7-3-11-30-18/h1,3-5,7,11-12,15,17H,2,6,8-10,13H2,(H,23,26)(H,24,27)/t17-/m0/s1. The molecule has 4 rings (SSSR count). The summed E-state index contributed by atoms with van der Waals surface area (Å²) in [7, 11) is 0. The lowest BCUT2D eigenvalue weighted by atomic mass is 10.2. The van der Waals surface area contributed by atoms with Crippen molar-refractivity contribution < 1.29 is 28.3 Å². The van der Waals surface area contributed by atoms with E-state index in [9.17, 15) is 19.2 Å². The van der Waals surface area contributed by atoms with Crippen LogP contribution in [0.15, 0.2) is 47.1 Å². The van der Waals surface area contributed by atoms with Gasteiger partial charge in [-0.2, -0.15) is 0 Å². The van der Waals surface area contributed by atoms with E-state index in [0.717, 1.165) is 12.8 Å². The molecule has 2 aliphatic rings. The normalized spacial score (nSPS) is 17.8. The number of hydrogen-bond acceptors (Lipinski definition) is 6. The molecule has 162 valence electrons. The molecule has 2 fully saturated rings. The van der Waals surface area contributed by atoms with Gasteiger partial charge in [-0.05, 0) is 56.0 Å². The summed E-state index contributed by atoms with van der Waals surface area (Å²) >= 11 is 0. The highest BCUT2D eigenvalue weighted by Crippen LogP contribution is 2.22. The second-order valence-electron chi connectivity index (χ2n) is 7.62.